The summed E-state index contributed by atoms with van der Waals surface area (Å²) in [5, 5.41) is 2.98. The van der Waals surface area contributed by atoms with E-state index in [4.69, 9.17) is 0 Å². The quantitative estimate of drug-likeness (QED) is 0.708. The molecule has 0 fully saturated rings. The summed E-state index contributed by atoms with van der Waals surface area (Å²) >= 11 is 0. The predicted octanol–water partition coefficient (Wildman–Crippen LogP) is 3.62. The molecule has 136 valence electrons. The molecule has 0 aliphatic heterocycles. The van der Waals surface area contributed by atoms with Crippen molar-refractivity contribution in [2.75, 3.05) is 5.32 Å². The van der Waals surface area contributed by atoms with E-state index in [9.17, 15) is 21.6 Å². The van der Waals surface area contributed by atoms with Gasteiger partial charge in [0.1, 0.15) is 5.82 Å². The van der Waals surface area contributed by atoms with Crippen LogP contribution in [0.25, 0.3) is 5.69 Å². The highest BCUT2D eigenvalue weighted by molar-refractivity contribution is 7.91. The number of hydrogen-bond acceptors (Lipinski definition) is 4. The third-order valence-corrected chi connectivity index (χ3v) is 5.11. The summed E-state index contributed by atoms with van der Waals surface area (Å²) in [6.07, 6.45) is 4.67. The smallest absolute Gasteiger partial charge is 0.341 e. The van der Waals surface area contributed by atoms with E-state index in [1.807, 2.05) is 0 Å². The van der Waals surface area contributed by atoms with Gasteiger partial charge >= 0.3 is 5.76 Å². The van der Waals surface area contributed by atoms with Crippen molar-refractivity contribution in [3.05, 3.63) is 72.6 Å². The first-order chi connectivity index (χ1) is 12.4. The Hall–Kier alpha value is -2.81. The van der Waals surface area contributed by atoms with Gasteiger partial charge in [-0.3, -0.25) is 0 Å². The molecule has 1 heterocycles. The molecular weight excluding hydrogens is 367 g/mol. The minimum Gasteiger partial charge on any atom is -0.381 e. The zero-order chi connectivity index (χ0) is 18.7. The maximum atomic E-state index is 14.2. The molecule has 0 unspecified atom stereocenters. The molecule has 1 aromatic heterocycles. The number of rotatable bonds is 6. The molecule has 3 aromatic rings. The molecule has 1 N–H and O–H groups in total. The largest absolute Gasteiger partial charge is 0.381 e. The van der Waals surface area contributed by atoms with Crippen LogP contribution in [-0.4, -0.2) is 23.7 Å². The van der Waals surface area contributed by atoms with Crippen LogP contribution in [0.1, 0.15) is 5.56 Å². The normalized spacial score (nSPS) is 11.7. The number of alkyl halides is 2. The van der Waals surface area contributed by atoms with E-state index in [1.165, 1.54) is 24.5 Å². The molecule has 0 bridgehead atoms. The molecule has 0 aliphatic rings. The molecule has 0 saturated heterocycles. The topological polar surface area (TPSA) is 64.0 Å². The number of nitrogens with one attached hydrogen (secondary N) is 1. The van der Waals surface area contributed by atoms with Crippen LogP contribution in [-0.2, 0) is 16.4 Å². The zero-order valence-electron chi connectivity index (χ0n) is 13.3. The Morgan fingerprint density at radius 2 is 1.85 bits per heavy atom. The molecular formula is C17H14F3N3O2S. The minimum atomic E-state index is -4.61. The maximum Gasteiger partial charge on any atom is 0.341 e. The summed E-state index contributed by atoms with van der Waals surface area (Å²) in [6.45, 7) is 0.280. The van der Waals surface area contributed by atoms with E-state index >= 15 is 0 Å². The number of hydrogen-bond donors (Lipinski definition) is 1. The Morgan fingerprint density at radius 3 is 2.42 bits per heavy atom. The highest BCUT2D eigenvalue weighted by Crippen LogP contribution is 2.21. The van der Waals surface area contributed by atoms with Gasteiger partial charge in [0.05, 0.1) is 16.9 Å². The lowest BCUT2D eigenvalue weighted by Crippen LogP contribution is -2.11. The summed E-state index contributed by atoms with van der Waals surface area (Å²) in [4.78, 5) is 3.42. The third-order valence-electron chi connectivity index (χ3n) is 3.71. The van der Waals surface area contributed by atoms with Crippen molar-refractivity contribution in [1.29, 1.82) is 0 Å². The van der Waals surface area contributed by atoms with Crippen molar-refractivity contribution >= 4 is 15.5 Å². The molecule has 5 nitrogen and oxygen atoms in total. The molecule has 26 heavy (non-hydrogen) atoms. The van der Waals surface area contributed by atoms with Gasteiger partial charge < -0.3 is 9.88 Å². The second kappa shape index (κ2) is 7.20. The van der Waals surface area contributed by atoms with Crippen LogP contribution in [0.4, 0.5) is 18.9 Å². The average Bonchev–Trinajstić information content (AvgIpc) is 3.14. The van der Waals surface area contributed by atoms with Crippen LogP contribution in [0.3, 0.4) is 0 Å². The summed E-state index contributed by atoms with van der Waals surface area (Å²) in [7, 11) is -4.61. The Morgan fingerprint density at radius 1 is 1.12 bits per heavy atom. The molecule has 0 radical (unpaired) electrons. The third kappa shape index (κ3) is 3.72. The van der Waals surface area contributed by atoms with Crippen LogP contribution in [0.2, 0.25) is 0 Å². The van der Waals surface area contributed by atoms with E-state index in [0.717, 1.165) is 12.1 Å². The number of aromatic nitrogens is 2. The standard InChI is InChI=1S/C17H14F3N3O2S/c18-15-9-12(1-6-16(15)23-8-7-21-11-23)10-22-13-2-4-14(5-3-13)26(24,25)17(19)20/h1-9,11,17,22H,10H2. The van der Waals surface area contributed by atoms with Crippen molar-refractivity contribution in [3.8, 4) is 5.69 Å². The number of anilines is 1. The fraction of sp³-hybridized carbons (Fsp3) is 0.118. The predicted molar refractivity (Wildman–Crippen MR) is 90.5 cm³/mol. The Kier molecular flexibility index (Phi) is 4.99. The van der Waals surface area contributed by atoms with Crippen LogP contribution < -0.4 is 5.32 Å². The number of sulfone groups is 1. The summed E-state index contributed by atoms with van der Waals surface area (Å²) in [6, 6.07) is 9.70. The summed E-state index contributed by atoms with van der Waals surface area (Å²) in [5.41, 5.74) is 1.56. The highest BCUT2D eigenvalue weighted by atomic mass is 32.2. The van der Waals surface area contributed by atoms with Gasteiger partial charge in [0, 0.05) is 24.6 Å². The monoisotopic (exact) mass is 381 g/mol. The fourth-order valence-electron chi connectivity index (χ4n) is 2.34. The Labute approximate surface area is 148 Å². The van der Waals surface area contributed by atoms with Crippen LogP contribution >= 0.6 is 0 Å². The van der Waals surface area contributed by atoms with Crippen molar-refractivity contribution in [1.82, 2.24) is 9.55 Å². The number of nitrogens with zero attached hydrogens (tertiary/aromatic N) is 2. The van der Waals surface area contributed by atoms with Crippen molar-refractivity contribution < 1.29 is 21.6 Å². The number of halogens is 3. The molecule has 2 aromatic carbocycles. The molecule has 0 atom stereocenters. The van der Waals surface area contributed by atoms with Crippen LogP contribution in [0.15, 0.2) is 66.1 Å². The van der Waals surface area contributed by atoms with Gasteiger partial charge in [-0.05, 0) is 42.0 Å². The molecule has 9 heteroatoms. The second-order valence-corrected chi connectivity index (χ2v) is 7.36. The van der Waals surface area contributed by atoms with Crippen molar-refractivity contribution in [2.24, 2.45) is 0 Å². The first kappa shape index (κ1) is 18.0. The lowest BCUT2D eigenvalue weighted by atomic mass is 10.2. The van der Waals surface area contributed by atoms with Crippen LogP contribution in [0.5, 0.6) is 0 Å². The van der Waals surface area contributed by atoms with Gasteiger partial charge in [-0.2, -0.15) is 8.78 Å². The van der Waals surface area contributed by atoms with E-state index in [2.05, 4.69) is 10.3 Å². The van der Waals surface area contributed by atoms with Crippen molar-refractivity contribution in [3.63, 3.8) is 0 Å². The number of imidazole rings is 1. The molecule has 0 aliphatic carbocycles. The molecule has 0 amide bonds. The molecule has 3 rings (SSSR count). The van der Waals surface area contributed by atoms with Gasteiger partial charge in [0.2, 0.25) is 9.84 Å². The average molecular weight is 381 g/mol. The van der Waals surface area contributed by atoms with E-state index in [1.54, 1.807) is 29.1 Å². The zero-order valence-corrected chi connectivity index (χ0v) is 14.1. The molecule has 0 saturated carbocycles. The van der Waals surface area contributed by atoms with Gasteiger partial charge in [0.15, 0.2) is 0 Å². The Balaban J connectivity index is 1.69. The fourth-order valence-corrected chi connectivity index (χ4v) is 3.06. The van der Waals surface area contributed by atoms with Crippen LogP contribution in [0, 0.1) is 5.82 Å². The van der Waals surface area contributed by atoms with Gasteiger partial charge in [-0.1, -0.05) is 6.07 Å². The first-order valence-corrected chi connectivity index (χ1v) is 9.05. The van der Waals surface area contributed by atoms with Gasteiger partial charge in [-0.25, -0.2) is 17.8 Å². The van der Waals surface area contributed by atoms with Crippen molar-refractivity contribution in [2.45, 2.75) is 17.2 Å². The number of benzene rings is 2. The minimum absolute atomic E-state index is 0.280. The summed E-state index contributed by atoms with van der Waals surface area (Å²) < 4.78 is 63.5. The van der Waals surface area contributed by atoms with E-state index in [-0.39, 0.29) is 6.54 Å². The van der Waals surface area contributed by atoms with Gasteiger partial charge in [0.25, 0.3) is 0 Å². The highest BCUT2D eigenvalue weighted by Gasteiger charge is 2.26. The van der Waals surface area contributed by atoms with E-state index < -0.39 is 26.3 Å². The second-order valence-electron chi connectivity index (χ2n) is 5.44. The first-order valence-electron chi connectivity index (χ1n) is 7.50. The van der Waals surface area contributed by atoms with E-state index in [0.29, 0.717) is 16.9 Å². The maximum absolute atomic E-state index is 14.2. The lowest BCUT2D eigenvalue weighted by molar-refractivity contribution is 0.234. The van der Waals surface area contributed by atoms with Gasteiger partial charge in [-0.15, -0.1) is 0 Å². The SMILES string of the molecule is O=S(=O)(c1ccc(NCc2ccc(-n3ccnc3)c(F)c2)cc1)C(F)F. The summed E-state index contributed by atoms with van der Waals surface area (Å²) in [5.74, 6) is -3.88. The molecule has 0 spiro atoms. The lowest BCUT2D eigenvalue weighted by Gasteiger charge is -2.10. The Bertz CT molecular complexity index is 989.